The molecule has 0 aromatic heterocycles. The molecule has 1 aliphatic carbocycles. The average molecular weight is 208 g/mol. The Hall–Kier alpha value is -1.38. The monoisotopic (exact) mass is 208 g/mol. The van der Waals surface area contributed by atoms with Gasteiger partial charge in [-0.15, -0.1) is 0 Å². The number of hydrogen-bond donors (Lipinski definition) is 1. The molecule has 1 saturated carbocycles. The lowest BCUT2D eigenvalue weighted by atomic mass is 9.79. The number of carboxylic acids is 1. The quantitative estimate of drug-likeness (QED) is 0.811. The predicted octanol–water partition coefficient (Wildman–Crippen LogP) is 2.72. The molecule has 0 saturated heterocycles. The maximum Gasteiger partial charge on any atom is 0.314 e. The van der Waals surface area contributed by atoms with Gasteiger partial charge in [-0.05, 0) is 18.9 Å². The molecule has 0 spiro atoms. The molecule has 80 valence electrons. The molecule has 2 rings (SSSR count). The van der Waals surface area contributed by atoms with Crippen molar-refractivity contribution in [3.63, 3.8) is 0 Å². The Kier molecular flexibility index (Phi) is 2.47. The van der Waals surface area contributed by atoms with Crippen molar-refractivity contribution >= 4 is 5.97 Å². The summed E-state index contributed by atoms with van der Waals surface area (Å²) < 4.78 is 13.6. The molecular formula is C12H13FO2. The first-order chi connectivity index (χ1) is 7.17. The minimum absolute atomic E-state index is 0.343. The summed E-state index contributed by atoms with van der Waals surface area (Å²) in [4.78, 5) is 11.3. The number of carbonyl (C=O) groups is 1. The van der Waals surface area contributed by atoms with Crippen LogP contribution in [0, 0.1) is 5.82 Å². The highest BCUT2D eigenvalue weighted by atomic mass is 19.1. The van der Waals surface area contributed by atoms with Gasteiger partial charge in [-0.25, -0.2) is 4.39 Å². The van der Waals surface area contributed by atoms with Crippen molar-refractivity contribution in [3.05, 3.63) is 35.6 Å². The first-order valence-corrected chi connectivity index (χ1v) is 5.15. The highest BCUT2D eigenvalue weighted by Crippen LogP contribution is 2.42. The van der Waals surface area contributed by atoms with Gasteiger partial charge in [0.15, 0.2) is 0 Å². The van der Waals surface area contributed by atoms with Gasteiger partial charge in [0.2, 0.25) is 0 Å². The number of aliphatic carboxylic acids is 1. The van der Waals surface area contributed by atoms with Gasteiger partial charge in [-0.3, -0.25) is 4.79 Å². The zero-order valence-electron chi connectivity index (χ0n) is 8.37. The van der Waals surface area contributed by atoms with Crippen molar-refractivity contribution in [2.45, 2.75) is 31.1 Å². The molecule has 1 aromatic rings. The van der Waals surface area contributed by atoms with Crippen LogP contribution in [0.3, 0.4) is 0 Å². The highest BCUT2D eigenvalue weighted by Gasteiger charge is 2.44. The van der Waals surface area contributed by atoms with Gasteiger partial charge in [0.05, 0.1) is 5.41 Å². The zero-order chi connectivity index (χ0) is 10.9. The summed E-state index contributed by atoms with van der Waals surface area (Å²) in [5, 5.41) is 9.27. The molecule has 3 heteroatoms. The van der Waals surface area contributed by atoms with Crippen LogP contribution in [0.15, 0.2) is 24.3 Å². The Morgan fingerprint density at radius 1 is 1.27 bits per heavy atom. The van der Waals surface area contributed by atoms with Gasteiger partial charge < -0.3 is 5.11 Å². The molecule has 0 radical (unpaired) electrons. The van der Waals surface area contributed by atoms with Gasteiger partial charge in [-0.2, -0.15) is 0 Å². The second kappa shape index (κ2) is 3.65. The molecule has 0 heterocycles. The van der Waals surface area contributed by atoms with E-state index in [1.807, 2.05) is 0 Å². The second-order valence-electron chi connectivity index (χ2n) is 4.07. The number of rotatable bonds is 2. The fourth-order valence-corrected chi connectivity index (χ4v) is 2.43. The third kappa shape index (κ3) is 1.52. The van der Waals surface area contributed by atoms with Crippen LogP contribution >= 0.6 is 0 Å². The lowest BCUT2D eigenvalue weighted by Crippen LogP contribution is -2.33. The summed E-state index contributed by atoms with van der Waals surface area (Å²) in [7, 11) is 0. The van der Waals surface area contributed by atoms with Crippen LogP contribution in [-0.4, -0.2) is 11.1 Å². The molecule has 2 nitrogen and oxygen atoms in total. The predicted molar refractivity (Wildman–Crippen MR) is 54.2 cm³/mol. The highest BCUT2D eigenvalue weighted by molar-refractivity contribution is 5.81. The van der Waals surface area contributed by atoms with Crippen molar-refractivity contribution in [2.24, 2.45) is 0 Å². The van der Waals surface area contributed by atoms with Crippen LogP contribution in [0.2, 0.25) is 0 Å². The van der Waals surface area contributed by atoms with E-state index in [1.165, 1.54) is 6.07 Å². The summed E-state index contributed by atoms with van der Waals surface area (Å²) >= 11 is 0. The smallest absolute Gasteiger partial charge is 0.314 e. The fourth-order valence-electron chi connectivity index (χ4n) is 2.43. The number of carboxylic acid groups (broad SMARTS) is 1. The van der Waals surface area contributed by atoms with Crippen molar-refractivity contribution in [1.29, 1.82) is 0 Å². The number of halogens is 1. The van der Waals surface area contributed by atoms with E-state index in [-0.39, 0.29) is 0 Å². The fraction of sp³-hybridized carbons (Fsp3) is 0.417. The molecule has 1 aromatic carbocycles. The zero-order valence-corrected chi connectivity index (χ0v) is 8.37. The molecule has 1 aliphatic rings. The second-order valence-corrected chi connectivity index (χ2v) is 4.07. The largest absolute Gasteiger partial charge is 0.481 e. The summed E-state index contributed by atoms with van der Waals surface area (Å²) in [6.45, 7) is 0. The van der Waals surface area contributed by atoms with E-state index >= 15 is 0 Å². The number of benzene rings is 1. The van der Waals surface area contributed by atoms with E-state index in [1.54, 1.807) is 18.2 Å². The van der Waals surface area contributed by atoms with Gasteiger partial charge in [0.25, 0.3) is 0 Å². The van der Waals surface area contributed by atoms with Crippen LogP contribution in [0.4, 0.5) is 4.39 Å². The Bertz CT molecular complexity index is 381. The maximum atomic E-state index is 13.6. The van der Waals surface area contributed by atoms with Gasteiger partial charge in [0.1, 0.15) is 5.82 Å². The average Bonchev–Trinajstić information content (AvgIpc) is 2.68. The topological polar surface area (TPSA) is 37.3 Å². The molecule has 0 amide bonds. The summed E-state index contributed by atoms with van der Waals surface area (Å²) in [5.41, 5.74) is -0.638. The number of hydrogen-bond acceptors (Lipinski definition) is 1. The standard InChI is InChI=1S/C12H13FO2/c13-10-6-2-1-5-9(10)12(11(14)15)7-3-4-8-12/h1-2,5-6H,3-4,7-8H2,(H,14,15). The van der Waals surface area contributed by atoms with Crippen LogP contribution in [0.25, 0.3) is 0 Å². The molecule has 0 atom stereocenters. The van der Waals surface area contributed by atoms with Crippen molar-refractivity contribution in [3.8, 4) is 0 Å². The Morgan fingerprint density at radius 3 is 2.40 bits per heavy atom. The Balaban J connectivity index is 2.50. The van der Waals surface area contributed by atoms with Gasteiger partial charge in [-0.1, -0.05) is 31.0 Å². The van der Waals surface area contributed by atoms with Crippen molar-refractivity contribution in [2.75, 3.05) is 0 Å². The Labute approximate surface area is 87.7 Å². The van der Waals surface area contributed by atoms with Crippen molar-refractivity contribution in [1.82, 2.24) is 0 Å². The molecule has 0 aliphatic heterocycles. The van der Waals surface area contributed by atoms with E-state index in [4.69, 9.17) is 0 Å². The summed E-state index contributed by atoms with van der Waals surface area (Å²) in [6, 6.07) is 6.21. The van der Waals surface area contributed by atoms with E-state index in [0.29, 0.717) is 18.4 Å². The minimum atomic E-state index is -0.981. The summed E-state index contributed by atoms with van der Waals surface area (Å²) in [6.07, 6.45) is 2.81. The lowest BCUT2D eigenvalue weighted by Gasteiger charge is -2.24. The van der Waals surface area contributed by atoms with E-state index in [2.05, 4.69) is 0 Å². The maximum absolute atomic E-state index is 13.6. The summed E-state index contributed by atoms with van der Waals surface area (Å²) in [5.74, 6) is -1.30. The normalized spacial score (nSPS) is 19.0. The first kappa shape index (κ1) is 10.1. The molecule has 1 N–H and O–H groups in total. The van der Waals surface area contributed by atoms with Crippen molar-refractivity contribution < 1.29 is 14.3 Å². The first-order valence-electron chi connectivity index (χ1n) is 5.15. The molecular weight excluding hydrogens is 195 g/mol. The third-order valence-corrected chi connectivity index (χ3v) is 3.26. The molecule has 15 heavy (non-hydrogen) atoms. The SMILES string of the molecule is O=C(O)C1(c2ccccc2F)CCCC1. The van der Waals surface area contributed by atoms with Crippen LogP contribution in [0.5, 0.6) is 0 Å². The Morgan fingerprint density at radius 2 is 1.87 bits per heavy atom. The van der Waals surface area contributed by atoms with Crippen LogP contribution < -0.4 is 0 Å². The minimum Gasteiger partial charge on any atom is -0.481 e. The molecule has 0 bridgehead atoms. The van der Waals surface area contributed by atoms with Crippen LogP contribution in [-0.2, 0) is 10.2 Å². The van der Waals surface area contributed by atoms with Gasteiger partial charge in [0, 0.05) is 5.56 Å². The molecule has 1 fully saturated rings. The third-order valence-electron chi connectivity index (χ3n) is 3.26. The van der Waals surface area contributed by atoms with E-state index in [9.17, 15) is 14.3 Å². The van der Waals surface area contributed by atoms with E-state index < -0.39 is 17.2 Å². The van der Waals surface area contributed by atoms with Crippen LogP contribution in [0.1, 0.15) is 31.2 Å². The molecule has 0 unspecified atom stereocenters. The van der Waals surface area contributed by atoms with Gasteiger partial charge >= 0.3 is 5.97 Å². The van der Waals surface area contributed by atoms with E-state index in [0.717, 1.165) is 12.8 Å². The lowest BCUT2D eigenvalue weighted by molar-refractivity contribution is -0.143.